The number of rotatable bonds is 8. The summed E-state index contributed by atoms with van der Waals surface area (Å²) < 4.78 is 5.39. The minimum Gasteiger partial charge on any atom is -0.378 e. The van der Waals surface area contributed by atoms with Crippen LogP contribution in [0.2, 0.25) is 0 Å². The lowest BCUT2D eigenvalue weighted by atomic mass is 10.0. The van der Waals surface area contributed by atoms with Crippen molar-refractivity contribution >= 4 is 34.0 Å². The van der Waals surface area contributed by atoms with Gasteiger partial charge in [0.25, 0.3) is 0 Å². The monoisotopic (exact) mass is 445 g/mol. The summed E-state index contributed by atoms with van der Waals surface area (Å²) in [6.45, 7) is 5.67. The number of hydrogen-bond donors (Lipinski definition) is 1. The lowest BCUT2D eigenvalue weighted by molar-refractivity contribution is -0.134. The van der Waals surface area contributed by atoms with Gasteiger partial charge < -0.3 is 19.9 Å². The first-order valence-electron chi connectivity index (χ1n) is 11.6. The Morgan fingerprint density at radius 1 is 0.970 bits per heavy atom. The third kappa shape index (κ3) is 6.11. The molecule has 3 aromatic carbocycles. The van der Waals surface area contributed by atoms with E-state index in [-0.39, 0.29) is 18.4 Å². The van der Waals surface area contributed by atoms with E-state index in [1.54, 1.807) is 4.90 Å². The average Bonchev–Trinajstić information content (AvgIpc) is 2.86. The summed E-state index contributed by atoms with van der Waals surface area (Å²) in [6, 6.07) is 22.3. The number of fused-ring (bicyclic) bond motifs is 1. The van der Waals surface area contributed by atoms with Crippen LogP contribution in [0.3, 0.4) is 0 Å². The van der Waals surface area contributed by atoms with Gasteiger partial charge in [-0.3, -0.25) is 9.59 Å². The Bertz CT molecular complexity index is 1090. The van der Waals surface area contributed by atoms with Crippen molar-refractivity contribution in [1.82, 2.24) is 4.90 Å². The number of aryl methyl sites for hydroxylation is 1. The average molecular weight is 446 g/mol. The Morgan fingerprint density at radius 3 is 2.42 bits per heavy atom. The Hall–Kier alpha value is -3.38. The lowest BCUT2D eigenvalue weighted by Gasteiger charge is -2.29. The van der Waals surface area contributed by atoms with Gasteiger partial charge in [-0.2, -0.15) is 0 Å². The molecular weight excluding hydrogens is 414 g/mol. The second kappa shape index (κ2) is 11.0. The molecule has 1 aliphatic rings. The number of nitrogens with zero attached hydrogens (tertiary/aromatic N) is 2. The van der Waals surface area contributed by atoms with Crippen LogP contribution in [0.4, 0.5) is 11.4 Å². The summed E-state index contributed by atoms with van der Waals surface area (Å²) >= 11 is 0. The van der Waals surface area contributed by atoms with E-state index in [9.17, 15) is 9.59 Å². The summed E-state index contributed by atoms with van der Waals surface area (Å²) in [6.07, 6.45) is 1.04. The highest BCUT2D eigenvalue weighted by molar-refractivity contribution is 5.94. The Morgan fingerprint density at radius 2 is 1.70 bits per heavy atom. The summed E-state index contributed by atoms with van der Waals surface area (Å²) in [5.74, 6) is -0.196. The molecule has 0 atom stereocenters. The van der Waals surface area contributed by atoms with Gasteiger partial charge in [0.15, 0.2) is 0 Å². The van der Waals surface area contributed by atoms with Gasteiger partial charge in [0.2, 0.25) is 11.8 Å². The number of ether oxygens (including phenoxy) is 1. The zero-order valence-corrected chi connectivity index (χ0v) is 19.1. The number of carbonyl (C=O) groups is 2. The number of anilines is 2. The van der Waals surface area contributed by atoms with Crippen LogP contribution in [-0.2, 0) is 20.7 Å². The minimum absolute atomic E-state index is 0.0107. The van der Waals surface area contributed by atoms with Crippen molar-refractivity contribution in [1.29, 1.82) is 0 Å². The van der Waals surface area contributed by atoms with Gasteiger partial charge >= 0.3 is 0 Å². The predicted octanol–water partition coefficient (Wildman–Crippen LogP) is 4.10. The molecule has 33 heavy (non-hydrogen) atoms. The van der Waals surface area contributed by atoms with Crippen LogP contribution < -0.4 is 10.2 Å². The first-order valence-corrected chi connectivity index (χ1v) is 11.6. The molecule has 4 rings (SSSR count). The molecule has 1 saturated heterocycles. The van der Waals surface area contributed by atoms with E-state index >= 15 is 0 Å². The summed E-state index contributed by atoms with van der Waals surface area (Å²) in [7, 11) is 0. The molecular formula is C27H31N3O3. The molecule has 1 fully saturated rings. The van der Waals surface area contributed by atoms with Crippen LogP contribution in [0.5, 0.6) is 0 Å². The van der Waals surface area contributed by atoms with Crippen molar-refractivity contribution in [3.8, 4) is 0 Å². The molecule has 1 N–H and O–H groups in total. The molecule has 0 unspecified atom stereocenters. The number of amides is 2. The number of carbonyl (C=O) groups excluding carboxylic acids is 2. The number of benzene rings is 3. The first-order chi connectivity index (χ1) is 16.1. The van der Waals surface area contributed by atoms with Gasteiger partial charge in [0.1, 0.15) is 0 Å². The molecule has 0 saturated carbocycles. The normalized spacial score (nSPS) is 13.7. The smallest absolute Gasteiger partial charge is 0.243 e. The molecule has 2 amide bonds. The zero-order chi connectivity index (χ0) is 23.0. The first kappa shape index (κ1) is 22.8. The van der Waals surface area contributed by atoms with Gasteiger partial charge in [-0.1, -0.05) is 42.5 Å². The van der Waals surface area contributed by atoms with E-state index in [0.29, 0.717) is 19.4 Å². The maximum atomic E-state index is 12.7. The van der Waals surface area contributed by atoms with Gasteiger partial charge in [-0.05, 0) is 53.9 Å². The van der Waals surface area contributed by atoms with E-state index in [1.807, 2.05) is 43.3 Å². The second-order valence-corrected chi connectivity index (χ2v) is 8.28. The SMILES string of the molecule is CCN(CC(=O)Nc1ccc(N2CCOCC2)cc1)C(=O)CCc1ccc2ccccc2c1. The van der Waals surface area contributed by atoms with Crippen LogP contribution in [0.1, 0.15) is 18.9 Å². The van der Waals surface area contributed by atoms with Crippen molar-refractivity contribution in [3.05, 3.63) is 72.3 Å². The fourth-order valence-corrected chi connectivity index (χ4v) is 4.13. The lowest BCUT2D eigenvalue weighted by Crippen LogP contribution is -2.38. The van der Waals surface area contributed by atoms with Gasteiger partial charge in [-0.15, -0.1) is 0 Å². The third-order valence-electron chi connectivity index (χ3n) is 6.04. The number of morpholine rings is 1. The number of hydrogen-bond acceptors (Lipinski definition) is 4. The van der Waals surface area contributed by atoms with Crippen molar-refractivity contribution in [3.63, 3.8) is 0 Å². The number of nitrogens with one attached hydrogen (secondary N) is 1. The van der Waals surface area contributed by atoms with E-state index in [1.165, 1.54) is 10.8 Å². The maximum Gasteiger partial charge on any atom is 0.243 e. The Kier molecular flexibility index (Phi) is 7.58. The molecule has 3 aromatic rings. The van der Waals surface area contributed by atoms with Gasteiger partial charge in [0.05, 0.1) is 19.8 Å². The van der Waals surface area contributed by atoms with Crippen molar-refractivity contribution < 1.29 is 14.3 Å². The van der Waals surface area contributed by atoms with E-state index in [2.05, 4.69) is 40.5 Å². The molecule has 0 spiro atoms. The van der Waals surface area contributed by atoms with Crippen LogP contribution in [-0.4, -0.2) is 56.1 Å². The summed E-state index contributed by atoms with van der Waals surface area (Å²) in [5.41, 5.74) is 2.98. The van der Waals surface area contributed by atoms with Crippen LogP contribution >= 0.6 is 0 Å². The Labute approximate surface area is 195 Å². The third-order valence-corrected chi connectivity index (χ3v) is 6.04. The minimum atomic E-state index is -0.185. The van der Waals surface area contributed by atoms with Crippen LogP contribution in [0.15, 0.2) is 66.7 Å². The van der Waals surface area contributed by atoms with E-state index in [4.69, 9.17) is 4.74 Å². The molecule has 0 bridgehead atoms. The molecule has 0 radical (unpaired) electrons. The molecule has 0 aliphatic carbocycles. The van der Waals surface area contributed by atoms with E-state index < -0.39 is 0 Å². The van der Waals surface area contributed by atoms with Crippen molar-refractivity contribution in [2.45, 2.75) is 19.8 Å². The fourth-order valence-electron chi connectivity index (χ4n) is 4.13. The summed E-state index contributed by atoms with van der Waals surface area (Å²) in [5, 5.41) is 5.28. The van der Waals surface area contributed by atoms with Gasteiger partial charge in [-0.25, -0.2) is 0 Å². The maximum absolute atomic E-state index is 12.7. The zero-order valence-electron chi connectivity index (χ0n) is 19.1. The topological polar surface area (TPSA) is 61.9 Å². The highest BCUT2D eigenvalue weighted by atomic mass is 16.5. The largest absolute Gasteiger partial charge is 0.378 e. The van der Waals surface area contributed by atoms with Gasteiger partial charge in [0, 0.05) is 37.4 Å². The summed E-state index contributed by atoms with van der Waals surface area (Å²) in [4.78, 5) is 29.2. The molecule has 6 nitrogen and oxygen atoms in total. The second-order valence-electron chi connectivity index (χ2n) is 8.28. The van der Waals surface area contributed by atoms with Crippen molar-refractivity contribution in [2.75, 3.05) is 49.6 Å². The van der Waals surface area contributed by atoms with Crippen LogP contribution in [0.25, 0.3) is 10.8 Å². The molecule has 1 heterocycles. The fraction of sp³-hybridized carbons (Fsp3) is 0.333. The van der Waals surface area contributed by atoms with E-state index in [0.717, 1.165) is 43.2 Å². The number of likely N-dealkylation sites (N-methyl/N-ethyl adjacent to an activating group) is 1. The quantitative estimate of drug-likeness (QED) is 0.567. The Balaban J connectivity index is 1.28. The molecule has 0 aromatic heterocycles. The molecule has 172 valence electrons. The van der Waals surface area contributed by atoms with Crippen LogP contribution in [0, 0.1) is 0 Å². The van der Waals surface area contributed by atoms with Crippen molar-refractivity contribution in [2.24, 2.45) is 0 Å². The highest BCUT2D eigenvalue weighted by Gasteiger charge is 2.16. The highest BCUT2D eigenvalue weighted by Crippen LogP contribution is 2.19. The molecule has 1 aliphatic heterocycles. The molecule has 6 heteroatoms. The predicted molar refractivity (Wildman–Crippen MR) is 133 cm³/mol. The standard InChI is InChI=1S/C27H31N3O3/c1-2-29(27(32)14-8-21-7-9-22-5-3-4-6-23(22)19-21)20-26(31)28-24-10-12-25(13-11-24)30-15-17-33-18-16-30/h3-7,9-13,19H,2,8,14-18,20H2,1H3,(H,28,31).